The number of quaternary nitrogens is 1. The van der Waals surface area contributed by atoms with E-state index in [-0.39, 0.29) is 19.3 Å². The molecule has 0 radical (unpaired) electrons. The molecule has 42 heavy (non-hydrogen) atoms. The largest absolute Gasteiger partial charge is 0.481 e. The van der Waals surface area contributed by atoms with Crippen LogP contribution in [0.5, 0.6) is 0 Å². The summed E-state index contributed by atoms with van der Waals surface area (Å²) >= 11 is 0. The molecule has 0 aliphatic carbocycles. The number of allylic oxidation sites excluding steroid dienone is 2. The Hall–Kier alpha value is -1.89. The van der Waals surface area contributed by atoms with Gasteiger partial charge in [0.1, 0.15) is 0 Å². The molecular formula is C35H66NO6+. The van der Waals surface area contributed by atoms with Gasteiger partial charge in [0.05, 0.1) is 26.2 Å². The summed E-state index contributed by atoms with van der Waals surface area (Å²) in [6, 6.07) is 0. The van der Waals surface area contributed by atoms with Crippen LogP contribution in [0.25, 0.3) is 0 Å². The predicted molar refractivity (Wildman–Crippen MR) is 173 cm³/mol. The van der Waals surface area contributed by atoms with Crippen molar-refractivity contribution in [3.8, 4) is 0 Å². The van der Waals surface area contributed by atoms with Crippen LogP contribution in [-0.4, -0.2) is 63.9 Å². The van der Waals surface area contributed by atoms with E-state index < -0.39 is 17.9 Å². The lowest BCUT2D eigenvalue weighted by molar-refractivity contribution is -0.929. The molecule has 0 saturated heterocycles. The van der Waals surface area contributed by atoms with Crippen molar-refractivity contribution < 1.29 is 34.2 Å². The number of carbonyl (C=O) groups is 3. The number of hydrogen-bond acceptors (Lipinski definition) is 3. The van der Waals surface area contributed by atoms with E-state index in [9.17, 15) is 14.4 Å². The Labute approximate surface area is 257 Å². The molecule has 0 unspecified atom stereocenters. The van der Waals surface area contributed by atoms with E-state index >= 15 is 0 Å². The zero-order chi connectivity index (χ0) is 31.2. The Bertz CT molecular complexity index is 638. The maximum absolute atomic E-state index is 11.0. The van der Waals surface area contributed by atoms with Crippen LogP contribution in [-0.2, 0) is 14.4 Å². The van der Waals surface area contributed by atoms with Crippen molar-refractivity contribution in [1.29, 1.82) is 0 Å². The van der Waals surface area contributed by atoms with E-state index in [1.54, 1.807) is 0 Å². The molecule has 0 aromatic carbocycles. The van der Waals surface area contributed by atoms with Gasteiger partial charge in [-0.05, 0) is 77.0 Å². The molecule has 0 amide bonds. The van der Waals surface area contributed by atoms with Crippen molar-refractivity contribution in [1.82, 2.24) is 0 Å². The van der Waals surface area contributed by atoms with Crippen LogP contribution in [0.3, 0.4) is 0 Å². The Morgan fingerprint density at radius 3 is 1.05 bits per heavy atom. The van der Waals surface area contributed by atoms with Crippen LogP contribution in [0.4, 0.5) is 0 Å². The maximum Gasteiger partial charge on any atom is 0.303 e. The highest BCUT2D eigenvalue weighted by atomic mass is 16.4. The van der Waals surface area contributed by atoms with Gasteiger partial charge in [-0.15, -0.1) is 0 Å². The molecule has 0 aromatic heterocycles. The molecule has 0 heterocycles. The quantitative estimate of drug-likeness (QED) is 0.0395. The summed E-state index contributed by atoms with van der Waals surface area (Å²) in [5, 5.41) is 27.1. The molecule has 7 heteroatoms. The lowest BCUT2D eigenvalue weighted by atomic mass is 10.0. The third-order valence-corrected chi connectivity index (χ3v) is 8.46. The molecule has 0 saturated carbocycles. The fourth-order valence-corrected chi connectivity index (χ4v) is 5.89. The lowest BCUT2D eigenvalue weighted by Gasteiger charge is -2.39. The van der Waals surface area contributed by atoms with Gasteiger partial charge >= 0.3 is 17.9 Å². The van der Waals surface area contributed by atoms with Crippen molar-refractivity contribution in [2.24, 2.45) is 0 Å². The summed E-state index contributed by atoms with van der Waals surface area (Å²) in [7, 11) is 0. The van der Waals surface area contributed by atoms with Crippen LogP contribution in [0, 0.1) is 0 Å². The van der Waals surface area contributed by atoms with E-state index in [0.29, 0.717) is 19.3 Å². The average molecular weight is 597 g/mol. The first-order valence-electron chi connectivity index (χ1n) is 17.5. The highest BCUT2D eigenvalue weighted by Gasteiger charge is 2.26. The van der Waals surface area contributed by atoms with Gasteiger partial charge in [0, 0.05) is 19.3 Å². The van der Waals surface area contributed by atoms with Crippen LogP contribution < -0.4 is 0 Å². The second kappa shape index (κ2) is 29.2. The third-order valence-electron chi connectivity index (χ3n) is 8.46. The summed E-state index contributed by atoms with van der Waals surface area (Å²) in [5.74, 6) is -2.30. The normalized spacial score (nSPS) is 11.8. The molecule has 0 atom stereocenters. The van der Waals surface area contributed by atoms with Gasteiger partial charge in [0.15, 0.2) is 0 Å². The number of aliphatic carboxylic acids is 3. The van der Waals surface area contributed by atoms with E-state index in [0.717, 1.165) is 56.3 Å². The molecule has 0 aromatic rings. The molecule has 246 valence electrons. The molecule has 0 aliphatic rings. The second-order valence-corrected chi connectivity index (χ2v) is 12.4. The van der Waals surface area contributed by atoms with E-state index in [1.807, 2.05) is 0 Å². The number of unbranched alkanes of at least 4 members (excludes halogenated alkanes) is 17. The minimum absolute atomic E-state index is 0.175. The van der Waals surface area contributed by atoms with E-state index in [1.165, 1.54) is 96.3 Å². The van der Waals surface area contributed by atoms with E-state index in [4.69, 9.17) is 15.3 Å². The fourth-order valence-electron chi connectivity index (χ4n) is 5.89. The number of nitrogens with zero attached hydrogens (tertiary/aromatic N) is 1. The molecule has 7 nitrogen and oxygen atoms in total. The van der Waals surface area contributed by atoms with E-state index in [2.05, 4.69) is 19.1 Å². The monoisotopic (exact) mass is 596 g/mol. The topological polar surface area (TPSA) is 112 Å². The zero-order valence-corrected chi connectivity index (χ0v) is 27.2. The van der Waals surface area contributed by atoms with Gasteiger partial charge in [-0.3, -0.25) is 14.4 Å². The number of hydrogen-bond donors (Lipinski definition) is 3. The smallest absolute Gasteiger partial charge is 0.303 e. The van der Waals surface area contributed by atoms with Crippen LogP contribution in [0.1, 0.15) is 167 Å². The summed E-state index contributed by atoms with van der Waals surface area (Å²) in [4.78, 5) is 33.0. The number of rotatable bonds is 33. The van der Waals surface area contributed by atoms with Crippen molar-refractivity contribution in [3.63, 3.8) is 0 Å². The summed E-state index contributed by atoms with van der Waals surface area (Å²) in [5.41, 5.74) is 0. The minimum atomic E-state index is -0.767. The van der Waals surface area contributed by atoms with Crippen LogP contribution >= 0.6 is 0 Å². The Balaban J connectivity index is 4.34. The van der Waals surface area contributed by atoms with Crippen molar-refractivity contribution >= 4 is 17.9 Å². The SMILES string of the molecule is CCCCCC/C=C/CCCCCCCCCCCC[N+](CCCCC(=O)O)(CCCCC(=O)O)CCCCC(=O)O. The predicted octanol–water partition coefficient (Wildman–Crippen LogP) is 9.39. The van der Waals surface area contributed by atoms with Gasteiger partial charge in [-0.1, -0.05) is 83.3 Å². The molecule has 0 spiro atoms. The highest BCUT2D eigenvalue weighted by molar-refractivity contribution is 5.67. The molecular weight excluding hydrogens is 530 g/mol. The first-order chi connectivity index (χ1) is 20.3. The molecule has 0 rings (SSSR count). The van der Waals surface area contributed by atoms with Gasteiger partial charge < -0.3 is 19.8 Å². The first kappa shape index (κ1) is 40.1. The van der Waals surface area contributed by atoms with Crippen molar-refractivity contribution in [2.75, 3.05) is 26.2 Å². The van der Waals surface area contributed by atoms with Gasteiger partial charge in [-0.25, -0.2) is 0 Å². The van der Waals surface area contributed by atoms with Crippen LogP contribution in [0.2, 0.25) is 0 Å². The highest BCUT2D eigenvalue weighted by Crippen LogP contribution is 2.20. The summed E-state index contributed by atoms with van der Waals surface area (Å²) in [6.45, 7) is 5.94. The zero-order valence-electron chi connectivity index (χ0n) is 27.2. The molecule has 0 bridgehead atoms. The number of carboxylic acid groups (broad SMARTS) is 3. The van der Waals surface area contributed by atoms with Gasteiger partial charge in [0.25, 0.3) is 0 Å². The second-order valence-electron chi connectivity index (χ2n) is 12.4. The van der Waals surface area contributed by atoms with Gasteiger partial charge in [0.2, 0.25) is 0 Å². The molecule has 0 fully saturated rings. The Morgan fingerprint density at radius 2 is 0.714 bits per heavy atom. The minimum Gasteiger partial charge on any atom is -0.481 e. The first-order valence-corrected chi connectivity index (χ1v) is 17.5. The lowest BCUT2D eigenvalue weighted by Crippen LogP contribution is -2.51. The Kier molecular flexibility index (Phi) is 27.9. The summed E-state index contributed by atoms with van der Waals surface area (Å²) in [6.07, 6.45) is 30.3. The number of carboxylic acids is 3. The molecule has 0 aliphatic heterocycles. The fraction of sp³-hybridized carbons (Fsp3) is 0.857. The molecule has 3 N–H and O–H groups in total. The Morgan fingerprint density at radius 1 is 0.429 bits per heavy atom. The van der Waals surface area contributed by atoms with Crippen molar-refractivity contribution in [2.45, 2.75) is 167 Å². The third kappa shape index (κ3) is 28.2. The van der Waals surface area contributed by atoms with Gasteiger partial charge in [-0.2, -0.15) is 0 Å². The maximum atomic E-state index is 11.0. The van der Waals surface area contributed by atoms with Crippen LogP contribution in [0.15, 0.2) is 12.2 Å². The standard InChI is InChI=1S/C35H65NO6/c1-2-3-4-5-6-7-8-9-10-11-12-13-14-15-16-17-18-22-29-36(30-23-19-26-33(37)38,31-24-20-27-34(39)40)32-25-21-28-35(41)42/h7-8H,2-6,9-32H2,1H3,(H2-,37,38,39,40,41,42)/p+1/b8-7+. The average Bonchev–Trinajstić information content (AvgIpc) is 2.94. The summed E-state index contributed by atoms with van der Waals surface area (Å²) < 4.78 is 0.868. The van der Waals surface area contributed by atoms with Crippen molar-refractivity contribution in [3.05, 3.63) is 12.2 Å².